The van der Waals surface area contributed by atoms with E-state index in [4.69, 9.17) is 0 Å². The molecule has 2 aromatic heterocycles. The summed E-state index contributed by atoms with van der Waals surface area (Å²) in [5.74, 6) is 0.469. The van der Waals surface area contributed by atoms with Crippen LogP contribution in [-0.4, -0.2) is 47.9 Å². The smallest absolute Gasteiger partial charge is 0.270 e. The van der Waals surface area contributed by atoms with Gasteiger partial charge in [0.1, 0.15) is 5.69 Å². The van der Waals surface area contributed by atoms with E-state index in [1.54, 1.807) is 12.3 Å². The molecule has 22 heavy (non-hydrogen) atoms. The van der Waals surface area contributed by atoms with Gasteiger partial charge in [-0.3, -0.25) is 14.6 Å². The molecule has 2 aromatic rings. The van der Waals surface area contributed by atoms with E-state index in [2.05, 4.69) is 20.5 Å². The van der Waals surface area contributed by atoms with E-state index in [1.807, 2.05) is 6.07 Å². The second-order valence-electron chi connectivity index (χ2n) is 5.87. The number of hydrogen-bond donors (Lipinski definition) is 2. The van der Waals surface area contributed by atoms with Gasteiger partial charge < -0.3 is 15.5 Å². The molecular formula is C15H16N4O2S. The zero-order valence-electron chi connectivity index (χ0n) is 11.9. The number of thiophene rings is 1. The Balaban J connectivity index is 1.52. The van der Waals surface area contributed by atoms with Crippen molar-refractivity contribution in [3.63, 3.8) is 0 Å². The van der Waals surface area contributed by atoms with Crippen LogP contribution in [0.25, 0.3) is 10.1 Å². The second-order valence-corrected chi connectivity index (χ2v) is 6.95. The third kappa shape index (κ3) is 2.36. The number of carbonyl (C=O) groups is 2. The van der Waals surface area contributed by atoms with Gasteiger partial charge in [0, 0.05) is 35.4 Å². The number of hydrogen-bond acceptors (Lipinski definition) is 5. The number of anilines is 1. The third-order valence-electron chi connectivity index (χ3n) is 4.48. The van der Waals surface area contributed by atoms with Crippen LogP contribution in [0.1, 0.15) is 16.9 Å². The number of nitrogens with one attached hydrogen (secondary N) is 2. The quantitative estimate of drug-likeness (QED) is 0.834. The molecular weight excluding hydrogens is 300 g/mol. The molecule has 0 spiro atoms. The van der Waals surface area contributed by atoms with Crippen molar-refractivity contribution in [1.29, 1.82) is 0 Å². The number of aromatic nitrogens is 1. The highest BCUT2D eigenvalue weighted by Crippen LogP contribution is 2.30. The van der Waals surface area contributed by atoms with Crippen LogP contribution in [-0.2, 0) is 4.79 Å². The van der Waals surface area contributed by atoms with Crippen LogP contribution in [0, 0.1) is 5.92 Å². The first-order chi connectivity index (χ1) is 10.7. The molecule has 3 unspecified atom stereocenters. The summed E-state index contributed by atoms with van der Waals surface area (Å²) in [5, 5.41) is 7.42. The van der Waals surface area contributed by atoms with Crippen molar-refractivity contribution in [2.24, 2.45) is 5.92 Å². The molecule has 114 valence electrons. The Hall–Kier alpha value is -1.99. The van der Waals surface area contributed by atoms with Gasteiger partial charge in [0.2, 0.25) is 6.41 Å². The summed E-state index contributed by atoms with van der Waals surface area (Å²) in [6, 6.07) is 3.89. The van der Waals surface area contributed by atoms with Crippen molar-refractivity contribution in [3.8, 4) is 0 Å². The minimum Gasteiger partial charge on any atom is -0.346 e. The van der Waals surface area contributed by atoms with Crippen LogP contribution >= 0.6 is 11.3 Å². The number of pyridine rings is 1. The zero-order chi connectivity index (χ0) is 15.1. The molecule has 2 aliphatic heterocycles. The SMILES string of the molecule is O=CNc1cc2cnc(C(=O)NC3CN4CCC3C4)cc2s1. The van der Waals surface area contributed by atoms with Gasteiger partial charge in [-0.25, -0.2) is 0 Å². The average molecular weight is 316 g/mol. The first-order valence-corrected chi connectivity index (χ1v) is 8.17. The van der Waals surface area contributed by atoms with Crippen LogP contribution in [0.4, 0.5) is 5.00 Å². The molecule has 7 heteroatoms. The normalized spacial score (nSPS) is 26.3. The Bertz CT molecular complexity index is 744. The standard InChI is InChI=1S/C15H16N4O2S/c20-8-17-14-3-10-5-16-11(4-13(10)22-14)15(21)18-12-7-19-2-1-9(12)6-19/h3-5,8-9,12H,1-2,6-7H2,(H,17,20)(H,18,21). The summed E-state index contributed by atoms with van der Waals surface area (Å²) in [6.45, 7) is 3.21. The minimum absolute atomic E-state index is 0.112. The fraction of sp³-hybridized carbons (Fsp3) is 0.400. The number of fused-ring (bicyclic) bond motifs is 3. The van der Waals surface area contributed by atoms with Gasteiger partial charge >= 0.3 is 0 Å². The third-order valence-corrected chi connectivity index (χ3v) is 5.51. The number of nitrogens with zero attached hydrogens (tertiary/aromatic N) is 2. The van der Waals surface area contributed by atoms with Crippen molar-refractivity contribution in [3.05, 3.63) is 24.0 Å². The number of rotatable bonds is 4. The molecule has 4 heterocycles. The van der Waals surface area contributed by atoms with Crippen molar-refractivity contribution < 1.29 is 9.59 Å². The van der Waals surface area contributed by atoms with Crippen molar-refractivity contribution in [1.82, 2.24) is 15.2 Å². The molecule has 2 amide bonds. The van der Waals surface area contributed by atoms with Crippen molar-refractivity contribution in [2.75, 3.05) is 25.0 Å². The van der Waals surface area contributed by atoms with Gasteiger partial charge in [-0.15, -0.1) is 11.3 Å². The van der Waals surface area contributed by atoms with Crippen LogP contribution in [0.3, 0.4) is 0 Å². The summed E-state index contributed by atoms with van der Waals surface area (Å²) >= 11 is 1.44. The summed E-state index contributed by atoms with van der Waals surface area (Å²) < 4.78 is 0.946. The fourth-order valence-corrected chi connectivity index (χ4v) is 4.31. The van der Waals surface area contributed by atoms with Crippen LogP contribution in [0.15, 0.2) is 18.3 Å². The molecule has 4 rings (SSSR count). The molecule has 2 bridgehead atoms. The van der Waals surface area contributed by atoms with Gasteiger partial charge in [0.15, 0.2) is 0 Å². The lowest BCUT2D eigenvalue weighted by atomic mass is 10.00. The average Bonchev–Trinajstić information content (AvgIpc) is 3.20. The predicted molar refractivity (Wildman–Crippen MR) is 85.1 cm³/mol. The number of carbonyl (C=O) groups excluding carboxylic acids is 2. The Morgan fingerprint density at radius 2 is 2.32 bits per heavy atom. The molecule has 3 atom stereocenters. The fourth-order valence-electron chi connectivity index (χ4n) is 3.38. The summed E-state index contributed by atoms with van der Waals surface area (Å²) in [4.78, 5) is 29.5. The predicted octanol–water partition coefficient (Wildman–Crippen LogP) is 1.30. The summed E-state index contributed by atoms with van der Waals surface area (Å²) in [5.41, 5.74) is 0.435. The first kappa shape index (κ1) is 13.7. The lowest BCUT2D eigenvalue weighted by Crippen LogP contribution is -2.43. The van der Waals surface area contributed by atoms with Crippen LogP contribution in [0.2, 0.25) is 0 Å². The van der Waals surface area contributed by atoms with Crippen molar-refractivity contribution >= 4 is 38.7 Å². The molecule has 2 fully saturated rings. The first-order valence-electron chi connectivity index (χ1n) is 7.36. The highest BCUT2D eigenvalue weighted by Gasteiger charge is 2.38. The maximum absolute atomic E-state index is 12.4. The highest BCUT2D eigenvalue weighted by molar-refractivity contribution is 7.22. The second kappa shape index (κ2) is 5.33. The maximum atomic E-state index is 12.4. The van der Waals surface area contributed by atoms with E-state index in [1.165, 1.54) is 17.8 Å². The Morgan fingerprint density at radius 3 is 3.05 bits per heavy atom. The number of piperidine rings is 1. The Labute approximate surface area is 131 Å². The topological polar surface area (TPSA) is 74.3 Å². The van der Waals surface area contributed by atoms with Gasteiger partial charge in [0.05, 0.1) is 5.00 Å². The van der Waals surface area contributed by atoms with Gasteiger partial charge in [-0.05, 0) is 31.0 Å². The zero-order valence-corrected chi connectivity index (χ0v) is 12.7. The van der Waals surface area contributed by atoms with Crippen LogP contribution in [0.5, 0.6) is 0 Å². The molecule has 0 aliphatic carbocycles. The maximum Gasteiger partial charge on any atom is 0.270 e. The molecule has 6 nitrogen and oxygen atoms in total. The summed E-state index contributed by atoms with van der Waals surface area (Å²) in [6.07, 6.45) is 3.50. The van der Waals surface area contributed by atoms with Crippen molar-refractivity contribution in [2.45, 2.75) is 12.5 Å². The van der Waals surface area contributed by atoms with E-state index >= 15 is 0 Å². The molecule has 2 saturated heterocycles. The van der Waals surface area contributed by atoms with E-state index < -0.39 is 0 Å². The minimum atomic E-state index is -0.112. The van der Waals surface area contributed by atoms with E-state index in [0.717, 1.165) is 34.7 Å². The monoisotopic (exact) mass is 316 g/mol. The Morgan fingerprint density at radius 1 is 1.41 bits per heavy atom. The lowest BCUT2D eigenvalue weighted by molar-refractivity contribution is -0.105. The van der Waals surface area contributed by atoms with Gasteiger partial charge in [-0.2, -0.15) is 0 Å². The number of amides is 2. The van der Waals surface area contributed by atoms with E-state index in [0.29, 0.717) is 18.0 Å². The molecule has 2 N–H and O–H groups in total. The Kier molecular flexibility index (Phi) is 3.31. The molecule has 0 radical (unpaired) electrons. The molecule has 0 saturated carbocycles. The summed E-state index contributed by atoms with van der Waals surface area (Å²) in [7, 11) is 0. The van der Waals surface area contributed by atoms with E-state index in [9.17, 15) is 9.59 Å². The highest BCUT2D eigenvalue weighted by atomic mass is 32.1. The molecule has 2 aliphatic rings. The molecule has 0 aromatic carbocycles. The largest absolute Gasteiger partial charge is 0.346 e. The van der Waals surface area contributed by atoms with Crippen LogP contribution < -0.4 is 10.6 Å². The van der Waals surface area contributed by atoms with Gasteiger partial charge in [-0.1, -0.05) is 0 Å². The van der Waals surface area contributed by atoms with Gasteiger partial charge in [0.25, 0.3) is 5.91 Å². The lowest BCUT2D eigenvalue weighted by Gasteiger charge is -2.22. The van der Waals surface area contributed by atoms with E-state index in [-0.39, 0.29) is 11.9 Å².